The molecule has 2 rings (SSSR count). The molecule has 0 amide bonds. The lowest BCUT2D eigenvalue weighted by atomic mass is 10.1. The highest BCUT2D eigenvalue weighted by molar-refractivity contribution is 6.06. The SMILES string of the molecule is COc1ccc(C(=O)C=Cc2ccc(OC)cc2F)cc1. The highest BCUT2D eigenvalue weighted by atomic mass is 19.1. The van der Waals surface area contributed by atoms with Gasteiger partial charge >= 0.3 is 0 Å². The van der Waals surface area contributed by atoms with E-state index in [0.29, 0.717) is 22.6 Å². The summed E-state index contributed by atoms with van der Waals surface area (Å²) in [6, 6.07) is 11.2. The summed E-state index contributed by atoms with van der Waals surface area (Å²) >= 11 is 0. The molecule has 0 bridgehead atoms. The lowest BCUT2D eigenvalue weighted by molar-refractivity contribution is 0.104. The van der Waals surface area contributed by atoms with Gasteiger partial charge in [0.15, 0.2) is 5.78 Å². The average Bonchev–Trinajstić information content (AvgIpc) is 2.53. The number of methoxy groups -OCH3 is 2. The molecule has 0 radical (unpaired) electrons. The Labute approximate surface area is 122 Å². The molecule has 4 heteroatoms. The van der Waals surface area contributed by atoms with Gasteiger partial charge in [0.05, 0.1) is 14.2 Å². The van der Waals surface area contributed by atoms with Crippen molar-refractivity contribution in [2.24, 2.45) is 0 Å². The van der Waals surface area contributed by atoms with Gasteiger partial charge in [0.2, 0.25) is 0 Å². The molecule has 3 nitrogen and oxygen atoms in total. The van der Waals surface area contributed by atoms with Crippen LogP contribution in [0, 0.1) is 5.82 Å². The van der Waals surface area contributed by atoms with E-state index in [0.717, 1.165) is 0 Å². The zero-order valence-electron chi connectivity index (χ0n) is 11.8. The number of allylic oxidation sites excluding steroid dienone is 1. The molecule has 0 spiro atoms. The van der Waals surface area contributed by atoms with Gasteiger partial charge in [0, 0.05) is 17.2 Å². The topological polar surface area (TPSA) is 35.5 Å². The number of ketones is 1. The predicted octanol–water partition coefficient (Wildman–Crippen LogP) is 3.74. The minimum absolute atomic E-state index is 0.201. The minimum Gasteiger partial charge on any atom is -0.497 e. The van der Waals surface area contributed by atoms with Gasteiger partial charge in [-0.25, -0.2) is 4.39 Å². The van der Waals surface area contributed by atoms with Crippen LogP contribution in [0.2, 0.25) is 0 Å². The van der Waals surface area contributed by atoms with Crippen molar-refractivity contribution in [2.45, 2.75) is 0 Å². The summed E-state index contributed by atoms with van der Waals surface area (Å²) in [5, 5.41) is 0. The summed E-state index contributed by atoms with van der Waals surface area (Å²) in [6.45, 7) is 0. The number of halogens is 1. The highest BCUT2D eigenvalue weighted by Crippen LogP contribution is 2.18. The van der Waals surface area contributed by atoms with E-state index in [9.17, 15) is 9.18 Å². The number of carbonyl (C=O) groups excluding carboxylic acids is 1. The Morgan fingerprint density at radius 1 is 1.00 bits per heavy atom. The molecule has 0 fully saturated rings. The fourth-order valence-corrected chi connectivity index (χ4v) is 1.79. The van der Waals surface area contributed by atoms with Crippen LogP contribution < -0.4 is 9.47 Å². The van der Waals surface area contributed by atoms with Gasteiger partial charge < -0.3 is 9.47 Å². The normalized spacial score (nSPS) is 10.6. The van der Waals surface area contributed by atoms with Crippen molar-refractivity contribution in [1.29, 1.82) is 0 Å². The molecular formula is C17H15FO3. The molecule has 0 heterocycles. The van der Waals surface area contributed by atoms with Crippen LogP contribution in [-0.4, -0.2) is 20.0 Å². The van der Waals surface area contributed by atoms with E-state index in [1.807, 2.05) is 0 Å². The Bertz CT molecular complexity index is 660. The molecule has 21 heavy (non-hydrogen) atoms. The third kappa shape index (κ3) is 3.69. The van der Waals surface area contributed by atoms with Crippen LogP contribution in [0.3, 0.4) is 0 Å². The molecule has 0 aliphatic carbocycles. The van der Waals surface area contributed by atoms with E-state index >= 15 is 0 Å². The lowest BCUT2D eigenvalue weighted by Crippen LogP contribution is -1.94. The van der Waals surface area contributed by atoms with Gasteiger partial charge in [-0.15, -0.1) is 0 Å². The van der Waals surface area contributed by atoms with Gasteiger partial charge in [-0.3, -0.25) is 4.79 Å². The van der Waals surface area contributed by atoms with Gasteiger partial charge in [0.25, 0.3) is 0 Å². The largest absolute Gasteiger partial charge is 0.497 e. The molecule has 0 unspecified atom stereocenters. The van der Waals surface area contributed by atoms with Crippen LogP contribution in [0.1, 0.15) is 15.9 Å². The van der Waals surface area contributed by atoms with Crippen molar-refractivity contribution in [2.75, 3.05) is 14.2 Å². The number of ether oxygens (including phenoxy) is 2. The molecule has 0 saturated carbocycles. The molecular weight excluding hydrogens is 271 g/mol. The van der Waals surface area contributed by atoms with Crippen molar-refractivity contribution >= 4 is 11.9 Å². The second-order valence-electron chi connectivity index (χ2n) is 4.31. The fourth-order valence-electron chi connectivity index (χ4n) is 1.79. The van der Waals surface area contributed by atoms with E-state index in [-0.39, 0.29) is 5.78 Å². The van der Waals surface area contributed by atoms with Gasteiger partial charge in [-0.05, 0) is 48.6 Å². The fraction of sp³-hybridized carbons (Fsp3) is 0.118. The summed E-state index contributed by atoms with van der Waals surface area (Å²) < 4.78 is 23.7. The molecule has 0 aromatic heterocycles. The van der Waals surface area contributed by atoms with Crippen molar-refractivity contribution in [1.82, 2.24) is 0 Å². The third-order valence-electron chi connectivity index (χ3n) is 3.00. The first-order valence-electron chi connectivity index (χ1n) is 6.34. The smallest absolute Gasteiger partial charge is 0.185 e. The lowest BCUT2D eigenvalue weighted by Gasteiger charge is -2.02. The first kappa shape index (κ1) is 14.8. The Morgan fingerprint density at radius 3 is 2.19 bits per heavy atom. The predicted molar refractivity (Wildman–Crippen MR) is 79.3 cm³/mol. The van der Waals surface area contributed by atoms with Gasteiger partial charge in [-0.2, -0.15) is 0 Å². The maximum Gasteiger partial charge on any atom is 0.185 e. The van der Waals surface area contributed by atoms with E-state index in [1.165, 1.54) is 25.3 Å². The van der Waals surface area contributed by atoms with Crippen LogP contribution in [0.25, 0.3) is 6.08 Å². The van der Waals surface area contributed by atoms with Gasteiger partial charge in [0.1, 0.15) is 17.3 Å². The van der Waals surface area contributed by atoms with Gasteiger partial charge in [-0.1, -0.05) is 0 Å². The Hall–Kier alpha value is -2.62. The molecule has 108 valence electrons. The number of hydrogen-bond acceptors (Lipinski definition) is 3. The van der Waals surface area contributed by atoms with E-state index in [4.69, 9.17) is 9.47 Å². The van der Waals surface area contributed by atoms with Crippen molar-refractivity contribution in [3.8, 4) is 11.5 Å². The van der Waals surface area contributed by atoms with Crippen LogP contribution >= 0.6 is 0 Å². The quantitative estimate of drug-likeness (QED) is 0.620. The molecule has 0 saturated heterocycles. The van der Waals surface area contributed by atoms with Crippen molar-refractivity contribution in [3.63, 3.8) is 0 Å². The average molecular weight is 286 g/mol. The molecule has 2 aromatic rings. The summed E-state index contributed by atoms with van der Waals surface area (Å²) in [5.74, 6) is 0.476. The first-order valence-corrected chi connectivity index (χ1v) is 6.34. The second kappa shape index (κ2) is 6.70. The Balaban J connectivity index is 2.14. The van der Waals surface area contributed by atoms with Crippen LogP contribution in [0.4, 0.5) is 4.39 Å². The summed E-state index contributed by atoms with van der Waals surface area (Å²) in [6.07, 6.45) is 2.79. The second-order valence-corrected chi connectivity index (χ2v) is 4.31. The standard InChI is InChI=1S/C17H15FO3/c1-20-14-7-4-13(5-8-14)17(19)10-6-12-3-9-15(21-2)11-16(12)18/h3-11H,1-2H3. The summed E-state index contributed by atoms with van der Waals surface area (Å²) in [4.78, 5) is 12.0. The number of hydrogen-bond donors (Lipinski definition) is 0. The monoisotopic (exact) mass is 286 g/mol. The third-order valence-corrected chi connectivity index (χ3v) is 3.00. The van der Waals surface area contributed by atoms with Crippen molar-refractivity contribution in [3.05, 3.63) is 65.5 Å². The highest BCUT2D eigenvalue weighted by Gasteiger charge is 2.04. The Morgan fingerprint density at radius 2 is 1.62 bits per heavy atom. The summed E-state index contributed by atoms with van der Waals surface area (Å²) in [7, 11) is 3.03. The van der Waals surface area contributed by atoms with Crippen LogP contribution in [0.5, 0.6) is 11.5 Å². The molecule has 0 atom stereocenters. The number of carbonyl (C=O) groups is 1. The summed E-state index contributed by atoms with van der Waals surface area (Å²) in [5.41, 5.74) is 0.846. The first-order chi connectivity index (χ1) is 10.1. The zero-order valence-corrected chi connectivity index (χ0v) is 11.8. The zero-order chi connectivity index (χ0) is 15.2. The molecule has 0 aliphatic rings. The number of rotatable bonds is 5. The number of benzene rings is 2. The van der Waals surface area contributed by atoms with Crippen LogP contribution in [-0.2, 0) is 0 Å². The van der Waals surface area contributed by atoms with E-state index < -0.39 is 5.82 Å². The molecule has 2 aromatic carbocycles. The maximum absolute atomic E-state index is 13.7. The minimum atomic E-state index is -0.437. The molecule has 0 aliphatic heterocycles. The van der Waals surface area contributed by atoms with Crippen molar-refractivity contribution < 1.29 is 18.7 Å². The van der Waals surface area contributed by atoms with Crippen LogP contribution in [0.15, 0.2) is 48.5 Å². The van der Waals surface area contributed by atoms with E-state index in [2.05, 4.69) is 0 Å². The maximum atomic E-state index is 13.7. The Kier molecular flexibility index (Phi) is 4.72. The van der Waals surface area contributed by atoms with E-state index in [1.54, 1.807) is 43.5 Å². The molecule has 0 N–H and O–H groups in total.